The minimum atomic E-state index is -1.89. The van der Waals surface area contributed by atoms with E-state index >= 15 is 0 Å². The van der Waals surface area contributed by atoms with Crippen molar-refractivity contribution in [2.75, 3.05) is 0 Å². The first kappa shape index (κ1) is 51.6. The fourth-order valence-electron chi connectivity index (χ4n) is 9.61. The number of furan rings is 1. The third kappa shape index (κ3) is 11.1. The van der Waals surface area contributed by atoms with Crippen LogP contribution in [0.1, 0.15) is 113 Å². The number of aryl methyl sites for hydroxylation is 3. The second-order valence-electron chi connectivity index (χ2n) is 22.2. The fourth-order valence-corrected chi connectivity index (χ4v) is 12.9. The van der Waals surface area contributed by atoms with Crippen molar-refractivity contribution in [3.05, 3.63) is 155 Å². The first-order chi connectivity index (χ1) is 32.2. The molecule has 6 nitrogen and oxygen atoms in total. The molecule has 0 aliphatic rings. The van der Waals surface area contributed by atoms with Crippen molar-refractivity contribution in [3.8, 4) is 39.5 Å². The van der Waals surface area contributed by atoms with Crippen LogP contribution in [0, 0.1) is 44.2 Å². The summed E-state index contributed by atoms with van der Waals surface area (Å²) in [5, 5.41) is 2.01. The molecule has 0 saturated heterocycles. The van der Waals surface area contributed by atoms with Crippen molar-refractivity contribution >= 4 is 50.8 Å². The molecule has 5 heterocycles. The average Bonchev–Trinajstić information content (AvgIpc) is 3.84. The predicted molar refractivity (Wildman–Crippen MR) is 289 cm³/mol. The predicted octanol–water partition coefficient (Wildman–Crippen LogP) is 15.9. The van der Waals surface area contributed by atoms with E-state index in [4.69, 9.17) is 19.4 Å². The summed E-state index contributed by atoms with van der Waals surface area (Å²) in [4.78, 5) is 19.6. The van der Waals surface area contributed by atoms with E-state index in [2.05, 4.69) is 207 Å². The maximum absolute atomic E-state index is 6.63. The summed E-state index contributed by atoms with van der Waals surface area (Å²) in [5.41, 5.74) is 18.7. The molecule has 69 heavy (non-hydrogen) atoms. The van der Waals surface area contributed by atoms with Crippen LogP contribution in [0.4, 0.5) is 0 Å². The molecular formula is C61H69GeIrN5O-2. The van der Waals surface area contributed by atoms with Gasteiger partial charge in [-0.05, 0) is 82.7 Å². The first-order valence-electron chi connectivity index (χ1n) is 24.5. The van der Waals surface area contributed by atoms with Gasteiger partial charge in [0.2, 0.25) is 5.71 Å². The summed E-state index contributed by atoms with van der Waals surface area (Å²) in [6.45, 7) is 26.8. The summed E-state index contributed by atoms with van der Waals surface area (Å²) in [7, 11) is 0. The van der Waals surface area contributed by atoms with Crippen LogP contribution < -0.4 is 4.40 Å². The van der Waals surface area contributed by atoms with E-state index in [0.29, 0.717) is 11.6 Å². The van der Waals surface area contributed by atoms with Gasteiger partial charge in [-0.2, -0.15) is 0 Å². The quantitative estimate of drug-likeness (QED) is 0.101. The molecular weight excluding hydrogens is 1080 g/mol. The molecule has 0 aliphatic carbocycles. The van der Waals surface area contributed by atoms with E-state index in [1.165, 1.54) is 44.6 Å². The molecule has 8 heteroatoms. The van der Waals surface area contributed by atoms with E-state index in [0.717, 1.165) is 74.1 Å². The van der Waals surface area contributed by atoms with E-state index in [-0.39, 0.29) is 37.4 Å². The van der Waals surface area contributed by atoms with Gasteiger partial charge in [0, 0.05) is 43.1 Å². The Labute approximate surface area is 427 Å². The van der Waals surface area contributed by atoms with Crippen molar-refractivity contribution in [1.29, 1.82) is 0 Å². The molecule has 0 N–H and O–H groups in total. The molecule has 0 spiro atoms. The van der Waals surface area contributed by atoms with Crippen LogP contribution in [0.3, 0.4) is 0 Å². The van der Waals surface area contributed by atoms with Crippen molar-refractivity contribution in [1.82, 2.24) is 24.5 Å². The van der Waals surface area contributed by atoms with Gasteiger partial charge in [0.1, 0.15) is 0 Å². The molecule has 1 radical (unpaired) electrons. The second kappa shape index (κ2) is 20.6. The van der Waals surface area contributed by atoms with Crippen LogP contribution in [0.25, 0.3) is 72.6 Å². The number of pyridine rings is 3. The standard InChI is InChI=1S/C41H41N4O.C20H28GeN.Ir/c1-24(2)33-19-28(27-13-10-9-11-14-27)20-34(25(3)4)37(33)45-36-26(5)22-42-23-35(36)44-39(45)32-16-12-15-30-31-18-17-29(21-41(6,7)8)43-40(31)46-38(30)32;1-14(2)10-17-12-20(22-13-19(17)21(5,6)7)18-9-8-15(3)11-16(18)4;/h9-15,17-20,22-25H,21H2,1-8H3;8,11-14H,10H2,1-7H3;/q2*-1;. The summed E-state index contributed by atoms with van der Waals surface area (Å²) in [6, 6.07) is 37.3. The molecule has 0 saturated carbocycles. The average molecular weight is 1150 g/mol. The monoisotopic (exact) mass is 1150 g/mol. The number of fused-ring (bicyclic) bond motifs is 4. The summed E-state index contributed by atoms with van der Waals surface area (Å²) < 4.78 is 10.5. The van der Waals surface area contributed by atoms with E-state index < -0.39 is 13.3 Å². The molecule has 0 aliphatic heterocycles. The Balaban J connectivity index is 0.000000258. The third-order valence-corrected chi connectivity index (χ3v) is 17.1. The number of rotatable bonds is 10. The minimum absolute atomic E-state index is 0. The minimum Gasteiger partial charge on any atom is -0.486 e. The normalized spacial score (nSPS) is 12.1. The maximum atomic E-state index is 6.63. The Hall–Kier alpha value is -5.21. The second-order valence-corrected chi connectivity index (χ2v) is 32.7. The first-order valence-corrected chi connectivity index (χ1v) is 31.8. The third-order valence-electron chi connectivity index (χ3n) is 12.7. The number of benzene rings is 4. The van der Waals surface area contributed by atoms with Gasteiger partial charge in [-0.1, -0.05) is 89.7 Å². The zero-order valence-corrected chi connectivity index (χ0v) is 47.9. The van der Waals surface area contributed by atoms with E-state index in [1.54, 1.807) is 4.40 Å². The fraction of sp³-hybridized carbons (Fsp3) is 0.344. The van der Waals surface area contributed by atoms with Crippen molar-refractivity contribution in [2.45, 2.75) is 125 Å². The smallest absolute Gasteiger partial charge is 0.216 e. The Bertz CT molecular complexity index is 3250. The Kier molecular flexibility index (Phi) is 15.4. The number of aromatic nitrogens is 5. The van der Waals surface area contributed by atoms with Crippen LogP contribution in [-0.2, 0) is 32.9 Å². The van der Waals surface area contributed by atoms with Crippen LogP contribution in [-0.4, -0.2) is 37.8 Å². The van der Waals surface area contributed by atoms with Crippen molar-refractivity contribution < 1.29 is 24.5 Å². The topological polar surface area (TPSA) is 69.6 Å². The van der Waals surface area contributed by atoms with Crippen LogP contribution >= 0.6 is 0 Å². The van der Waals surface area contributed by atoms with Gasteiger partial charge < -0.3 is 8.98 Å². The van der Waals surface area contributed by atoms with Gasteiger partial charge in [0.15, 0.2) is 0 Å². The molecule has 359 valence electrons. The van der Waals surface area contributed by atoms with Gasteiger partial charge >= 0.3 is 138 Å². The molecule has 0 fully saturated rings. The van der Waals surface area contributed by atoms with Crippen molar-refractivity contribution in [3.63, 3.8) is 0 Å². The summed E-state index contributed by atoms with van der Waals surface area (Å²) in [5.74, 6) is 9.33. The molecule has 9 aromatic rings. The largest absolute Gasteiger partial charge is 0.486 e. The maximum Gasteiger partial charge on any atom is 0.216 e. The number of nitrogens with zero attached hydrogens (tertiary/aromatic N) is 5. The van der Waals surface area contributed by atoms with E-state index in [1.807, 2.05) is 18.5 Å². The molecule has 0 atom stereocenters. The molecule has 0 amide bonds. The van der Waals surface area contributed by atoms with Crippen LogP contribution in [0.2, 0.25) is 17.3 Å². The summed E-state index contributed by atoms with van der Waals surface area (Å²) in [6.07, 6.45) is 7.96. The number of hydrogen-bond donors (Lipinski definition) is 0. The van der Waals surface area contributed by atoms with Crippen LogP contribution in [0.5, 0.6) is 0 Å². The zero-order chi connectivity index (χ0) is 48.8. The number of imidazole rings is 1. The molecule has 9 rings (SSSR count). The Morgan fingerprint density at radius 3 is 2.04 bits per heavy atom. The molecule has 0 bridgehead atoms. The molecule has 0 unspecified atom stereocenters. The van der Waals surface area contributed by atoms with Crippen molar-refractivity contribution in [2.24, 2.45) is 11.3 Å². The summed E-state index contributed by atoms with van der Waals surface area (Å²) >= 11 is -1.89. The number of hydrogen-bond acceptors (Lipinski definition) is 5. The zero-order valence-electron chi connectivity index (χ0n) is 43.4. The van der Waals surface area contributed by atoms with Gasteiger partial charge in [-0.15, -0.1) is 18.2 Å². The van der Waals surface area contributed by atoms with Gasteiger partial charge in [-0.25, -0.2) is 4.98 Å². The van der Waals surface area contributed by atoms with Crippen LogP contribution in [0.15, 0.2) is 108 Å². The molecule has 4 aromatic carbocycles. The van der Waals surface area contributed by atoms with Gasteiger partial charge in [-0.3, -0.25) is 9.97 Å². The Morgan fingerprint density at radius 1 is 0.725 bits per heavy atom. The molecule has 5 aromatic heterocycles. The van der Waals surface area contributed by atoms with Gasteiger partial charge in [0.05, 0.1) is 28.6 Å². The Morgan fingerprint density at radius 2 is 1.42 bits per heavy atom. The van der Waals surface area contributed by atoms with Gasteiger partial charge in [0.25, 0.3) is 0 Å². The SMILES string of the molecule is Cc1c[c-]c(-c2cc(CC(C)C)[c]([Ge]([CH3])([CH3])[CH3])cn2)c(C)c1.Cc1cncc2nc(-c3[c-]ccc4c3oc3nc(CC(C)(C)C)ccc34)n(-c3c(C(C)C)cc(-c4ccccc4)cc3C(C)C)c12.[Ir]. The van der Waals surface area contributed by atoms with E-state index in [9.17, 15) is 0 Å².